The number of nitrogens with one attached hydrogen (secondary N) is 1. The average molecular weight is 278 g/mol. The summed E-state index contributed by atoms with van der Waals surface area (Å²) >= 11 is 0. The molecule has 0 aliphatic rings. The lowest BCUT2D eigenvalue weighted by Gasteiger charge is -2.06. The molecule has 0 atom stereocenters. The first-order chi connectivity index (χ1) is 10.3. The summed E-state index contributed by atoms with van der Waals surface area (Å²) in [6, 6.07) is 12.2. The van der Waals surface area contributed by atoms with E-state index in [1.807, 2.05) is 36.7 Å². The molecule has 0 aliphatic heterocycles. The van der Waals surface area contributed by atoms with Gasteiger partial charge in [0.25, 0.3) is 0 Å². The number of rotatable bonds is 4. The summed E-state index contributed by atoms with van der Waals surface area (Å²) < 4.78 is 0. The second-order valence-corrected chi connectivity index (χ2v) is 4.92. The molecular weight excluding hydrogens is 260 g/mol. The van der Waals surface area contributed by atoms with Crippen LogP contribution in [0.4, 0.5) is 0 Å². The smallest absolute Gasteiger partial charge is 0.100 e. The van der Waals surface area contributed by atoms with Gasteiger partial charge < -0.3 is 5.73 Å². The predicted octanol–water partition coefficient (Wildman–Crippen LogP) is 3.16. The van der Waals surface area contributed by atoms with Gasteiger partial charge in [-0.25, -0.2) is 0 Å². The summed E-state index contributed by atoms with van der Waals surface area (Å²) in [6.45, 7) is 2.65. The molecule has 0 saturated heterocycles. The van der Waals surface area contributed by atoms with E-state index >= 15 is 0 Å². The molecule has 2 heterocycles. The fourth-order valence-electron chi connectivity index (χ4n) is 2.52. The van der Waals surface area contributed by atoms with Crippen LogP contribution in [0.15, 0.2) is 48.8 Å². The van der Waals surface area contributed by atoms with Gasteiger partial charge in [0, 0.05) is 35.8 Å². The third-order valence-corrected chi connectivity index (χ3v) is 3.60. The van der Waals surface area contributed by atoms with Crippen LogP contribution < -0.4 is 5.73 Å². The Hall–Kier alpha value is -2.46. The normalized spacial score (nSPS) is 10.8. The predicted molar refractivity (Wildman–Crippen MR) is 84.5 cm³/mol. The van der Waals surface area contributed by atoms with Crippen LogP contribution in [0.3, 0.4) is 0 Å². The molecule has 0 amide bonds. The highest BCUT2D eigenvalue weighted by atomic mass is 15.1. The molecule has 0 fully saturated rings. The van der Waals surface area contributed by atoms with Crippen molar-refractivity contribution in [1.29, 1.82) is 0 Å². The zero-order chi connectivity index (χ0) is 14.7. The lowest BCUT2D eigenvalue weighted by Crippen LogP contribution is -1.96. The third-order valence-electron chi connectivity index (χ3n) is 3.60. The highest BCUT2D eigenvalue weighted by Gasteiger charge is 2.15. The second-order valence-electron chi connectivity index (χ2n) is 4.92. The lowest BCUT2D eigenvalue weighted by atomic mass is 9.98. The van der Waals surface area contributed by atoms with Crippen molar-refractivity contribution in [2.75, 3.05) is 0 Å². The summed E-state index contributed by atoms with van der Waals surface area (Å²) in [4.78, 5) is 4.09. The van der Waals surface area contributed by atoms with Gasteiger partial charge in [0.2, 0.25) is 0 Å². The summed E-state index contributed by atoms with van der Waals surface area (Å²) in [5, 5.41) is 7.68. The Bertz CT molecular complexity index is 732. The van der Waals surface area contributed by atoms with Gasteiger partial charge in [0.05, 0.1) is 0 Å². The number of nitrogens with zero attached hydrogens (tertiary/aromatic N) is 2. The Morgan fingerprint density at radius 3 is 2.62 bits per heavy atom. The summed E-state index contributed by atoms with van der Waals surface area (Å²) in [6.07, 6.45) is 4.52. The largest absolute Gasteiger partial charge is 0.326 e. The van der Waals surface area contributed by atoms with Crippen molar-refractivity contribution in [2.45, 2.75) is 19.9 Å². The van der Waals surface area contributed by atoms with Crippen molar-refractivity contribution in [3.8, 4) is 22.4 Å². The number of nitrogens with two attached hydrogens (primary N) is 1. The van der Waals surface area contributed by atoms with Crippen LogP contribution in [0.25, 0.3) is 22.4 Å². The zero-order valence-corrected chi connectivity index (χ0v) is 12.0. The van der Waals surface area contributed by atoms with Gasteiger partial charge in [-0.15, -0.1) is 0 Å². The molecule has 0 radical (unpaired) electrons. The van der Waals surface area contributed by atoms with E-state index in [1.54, 1.807) is 0 Å². The van der Waals surface area contributed by atoms with Crippen LogP contribution in [0, 0.1) is 0 Å². The van der Waals surface area contributed by atoms with Gasteiger partial charge in [-0.05, 0) is 35.7 Å². The molecule has 4 heteroatoms. The number of hydrogen-bond acceptors (Lipinski definition) is 3. The van der Waals surface area contributed by atoms with Crippen LogP contribution in [-0.2, 0) is 13.0 Å². The van der Waals surface area contributed by atoms with Gasteiger partial charge in [-0.2, -0.15) is 5.10 Å². The zero-order valence-electron chi connectivity index (χ0n) is 12.0. The Labute approximate surface area is 124 Å². The second kappa shape index (κ2) is 5.89. The first-order valence-corrected chi connectivity index (χ1v) is 7.10. The van der Waals surface area contributed by atoms with Crippen LogP contribution >= 0.6 is 0 Å². The van der Waals surface area contributed by atoms with Crippen LogP contribution in [0.1, 0.15) is 18.2 Å². The Morgan fingerprint density at radius 1 is 1.10 bits per heavy atom. The molecule has 0 spiro atoms. The van der Waals surface area contributed by atoms with E-state index in [1.165, 1.54) is 0 Å². The SMILES string of the molecule is CCc1[nH]nc(-c2cccc(CN)c2)c1-c1ccncc1. The van der Waals surface area contributed by atoms with Crippen LogP contribution in [0.5, 0.6) is 0 Å². The fraction of sp³-hybridized carbons (Fsp3) is 0.176. The number of benzene rings is 1. The highest BCUT2D eigenvalue weighted by molar-refractivity contribution is 5.82. The first-order valence-electron chi connectivity index (χ1n) is 7.10. The maximum Gasteiger partial charge on any atom is 0.100 e. The van der Waals surface area contributed by atoms with E-state index < -0.39 is 0 Å². The van der Waals surface area contributed by atoms with Crippen LogP contribution in [-0.4, -0.2) is 15.2 Å². The molecule has 3 N–H and O–H groups in total. The molecule has 106 valence electrons. The molecule has 0 saturated carbocycles. The molecule has 3 rings (SSSR count). The van der Waals surface area contributed by atoms with E-state index in [-0.39, 0.29) is 0 Å². The molecule has 21 heavy (non-hydrogen) atoms. The van der Waals surface area contributed by atoms with Crippen molar-refractivity contribution in [3.63, 3.8) is 0 Å². The monoisotopic (exact) mass is 278 g/mol. The van der Waals surface area contributed by atoms with Crippen molar-refractivity contribution in [2.24, 2.45) is 5.73 Å². The van der Waals surface area contributed by atoms with Crippen LogP contribution in [0.2, 0.25) is 0 Å². The van der Waals surface area contributed by atoms with Crippen molar-refractivity contribution < 1.29 is 0 Å². The molecule has 4 nitrogen and oxygen atoms in total. The van der Waals surface area contributed by atoms with Gasteiger partial charge >= 0.3 is 0 Å². The molecule has 0 aliphatic carbocycles. The number of aromatic amines is 1. The number of aromatic nitrogens is 3. The number of hydrogen-bond donors (Lipinski definition) is 2. The molecular formula is C17H18N4. The van der Waals surface area contributed by atoms with Crippen molar-refractivity contribution in [1.82, 2.24) is 15.2 Å². The summed E-state index contributed by atoms with van der Waals surface area (Å²) in [5.41, 5.74) is 12.3. The van der Waals surface area contributed by atoms with Gasteiger partial charge in [0.15, 0.2) is 0 Å². The minimum Gasteiger partial charge on any atom is -0.326 e. The maximum absolute atomic E-state index is 5.74. The van der Waals surface area contributed by atoms with E-state index in [9.17, 15) is 0 Å². The van der Waals surface area contributed by atoms with E-state index in [4.69, 9.17) is 5.73 Å². The fourth-order valence-corrected chi connectivity index (χ4v) is 2.52. The first kappa shape index (κ1) is 13.5. The molecule has 0 unspecified atom stereocenters. The minimum atomic E-state index is 0.531. The number of pyridine rings is 1. The topological polar surface area (TPSA) is 67.6 Å². The Morgan fingerprint density at radius 2 is 1.90 bits per heavy atom. The van der Waals surface area contributed by atoms with E-state index in [0.29, 0.717) is 6.54 Å². The summed E-state index contributed by atoms with van der Waals surface area (Å²) in [5.74, 6) is 0. The van der Waals surface area contributed by atoms with Crippen molar-refractivity contribution >= 4 is 0 Å². The highest BCUT2D eigenvalue weighted by Crippen LogP contribution is 2.33. The Kier molecular flexibility index (Phi) is 3.79. The molecule has 3 aromatic rings. The minimum absolute atomic E-state index is 0.531. The summed E-state index contributed by atoms with van der Waals surface area (Å²) in [7, 11) is 0. The number of aryl methyl sites for hydroxylation is 1. The van der Waals surface area contributed by atoms with Gasteiger partial charge in [0.1, 0.15) is 5.69 Å². The average Bonchev–Trinajstić information content (AvgIpc) is 2.99. The van der Waals surface area contributed by atoms with E-state index in [0.717, 1.165) is 40.1 Å². The number of H-pyrrole nitrogens is 1. The maximum atomic E-state index is 5.74. The van der Waals surface area contributed by atoms with Gasteiger partial charge in [-0.1, -0.05) is 25.1 Å². The standard InChI is InChI=1S/C17H18N4/c1-2-15-16(13-6-8-19-9-7-13)17(21-20-15)14-5-3-4-12(10-14)11-18/h3-10H,2,11,18H2,1H3,(H,20,21). The molecule has 0 bridgehead atoms. The lowest BCUT2D eigenvalue weighted by molar-refractivity contribution is 0.977. The van der Waals surface area contributed by atoms with Gasteiger partial charge in [-0.3, -0.25) is 10.1 Å². The molecule has 1 aromatic carbocycles. The Balaban J connectivity index is 2.17. The van der Waals surface area contributed by atoms with Crippen molar-refractivity contribution in [3.05, 3.63) is 60.0 Å². The quantitative estimate of drug-likeness (QED) is 0.770. The molecule has 2 aromatic heterocycles. The third kappa shape index (κ3) is 2.58. The van der Waals surface area contributed by atoms with E-state index in [2.05, 4.69) is 34.2 Å².